The molecular formula is C24H18ClN3O4S. The van der Waals surface area contributed by atoms with Crippen molar-refractivity contribution < 1.29 is 14.5 Å². The number of halogens is 1. The Labute approximate surface area is 198 Å². The zero-order valence-electron chi connectivity index (χ0n) is 17.7. The summed E-state index contributed by atoms with van der Waals surface area (Å²) >= 11 is 7.50. The summed E-state index contributed by atoms with van der Waals surface area (Å²) in [5, 5.41) is 10.9. The predicted octanol–water partition coefficient (Wildman–Crippen LogP) is 5.73. The lowest BCUT2D eigenvalue weighted by Crippen LogP contribution is -2.14. The van der Waals surface area contributed by atoms with Crippen molar-refractivity contribution in [2.75, 3.05) is 7.11 Å². The molecule has 33 heavy (non-hydrogen) atoms. The van der Waals surface area contributed by atoms with Crippen molar-refractivity contribution in [1.82, 2.24) is 4.57 Å². The van der Waals surface area contributed by atoms with E-state index in [-0.39, 0.29) is 16.3 Å². The normalized spacial score (nSPS) is 11.4. The first kappa shape index (κ1) is 22.4. The van der Waals surface area contributed by atoms with E-state index in [9.17, 15) is 14.9 Å². The molecule has 0 spiro atoms. The van der Waals surface area contributed by atoms with Crippen LogP contribution in [0.5, 0.6) is 5.75 Å². The van der Waals surface area contributed by atoms with Gasteiger partial charge in [0, 0.05) is 19.2 Å². The molecule has 1 amide bonds. The molecule has 0 N–H and O–H groups in total. The van der Waals surface area contributed by atoms with Gasteiger partial charge >= 0.3 is 0 Å². The number of carbonyl (C=O) groups excluding carboxylic acids is 1. The second kappa shape index (κ2) is 9.40. The second-order valence-corrected chi connectivity index (χ2v) is 8.44. The van der Waals surface area contributed by atoms with Gasteiger partial charge in [0.25, 0.3) is 11.6 Å². The van der Waals surface area contributed by atoms with Gasteiger partial charge in [0.2, 0.25) is 0 Å². The second-order valence-electron chi connectivity index (χ2n) is 7.05. The third-order valence-corrected chi connectivity index (χ3v) is 6.51. The Hall–Kier alpha value is -3.75. The summed E-state index contributed by atoms with van der Waals surface area (Å²) in [6.45, 7) is 0. The molecule has 0 bridgehead atoms. The van der Waals surface area contributed by atoms with Crippen LogP contribution in [0.2, 0.25) is 5.02 Å². The van der Waals surface area contributed by atoms with E-state index in [2.05, 4.69) is 4.99 Å². The quantitative estimate of drug-likeness (QED) is 0.270. The molecule has 166 valence electrons. The van der Waals surface area contributed by atoms with Gasteiger partial charge in [0.05, 0.1) is 33.2 Å². The number of nitro benzene ring substituents is 1. The van der Waals surface area contributed by atoms with Gasteiger partial charge < -0.3 is 9.30 Å². The number of hydrogen-bond donors (Lipinski definition) is 0. The van der Waals surface area contributed by atoms with Gasteiger partial charge in [-0.05, 0) is 41.5 Å². The van der Waals surface area contributed by atoms with Crippen LogP contribution >= 0.6 is 22.9 Å². The number of ether oxygens (including phenoxy) is 1. The summed E-state index contributed by atoms with van der Waals surface area (Å²) in [4.78, 5) is 29.0. The minimum Gasteiger partial charge on any atom is -0.497 e. The molecule has 0 aliphatic rings. The third kappa shape index (κ3) is 4.57. The number of benzene rings is 3. The lowest BCUT2D eigenvalue weighted by molar-refractivity contribution is -0.384. The lowest BCUT2D eigenvalue weighted by Gasteiger charge is -2.08. The van der Waals surface area contributed by atoms with Gasteiger partial charge in [-0.15, -0.1) is 0 Å². The highest BCUT2D eigenvalue weighted by atomic mass is 35.5. The van der Waals surface area contributed by atoms with Crippen molar-refractivity contribution in [3.05, 3.63) is 98.3 Å². The van der Waals surface area contributed by atoms with Gasteiger partial charge in [-0.2, -0.15) is 4.99 Å². The number of rotatable bonds is 5. The molecule has 1 heterocycles. The number of amides is 1. The number of thiazole rings is 1. The number of aromatic nitrogens is 1. The number of hydrogen-bond acceptors (Lipinski definition) is 5. The van der Waals surface area contributed by atoms with E-state index in [0.29, 0.717) is 4.80 Å². The van der Waals surface area contributed by atoms with Crippen molar-refractivity contribution in [2.45, 2.75) is 0 Å². The van der Waals surface area contributed by atoms with Crippen molar-refractivity contribution in [1.29, 1.82) is 0 Å². The van der Waals surface area contributed by atoms with Crippen LogP contribution in [-0.4, -0.2) is 22.5 Å². The van der Waals surface area contributed by atoms with Crippen molar-refractivity contribution >= 4 is 34.5 Å². The van der Waals surface area contributed by atoms with Gasteiger partial charge in [0.15, 0.2) is 4.80 Å². The number of non-ortho nitro benzene ring substituents is 1. The molecule has 0 atom stereocenters. The first-order valence-electron chi connectivity index (χ1n) is 9.81. The van der Waals surface area contributed by atoms with Crippen LogP contribution in [0.1, 0.15) is 10.4 Å². The first-order chi connectivity index (χ1) is 15.9. The molecule has 9 heteroatoms. The van der Waals surface area contributed by atoms with Crippen LogP contribution < -0.4 is 9.54 Å². The van der Waals surface area contributed by atoms with Crippen LogP contribution in [-0.2, 0) is 7.05 Å². The zero-order chi connectivity index (χ0) is 23.5. The molecule has 0 radical (unpaired) electrons. The number of nitrogens with zero attached hydrogens (tertiary/aromatic N) is 3. The van der Waals surface area contributed by atoms with E-state index in [1.54, 1.807) is 7.11 Å². The third-order valence-electron chi connectivity index (χ3n) is 5.02. The fraction of sp³-hybridized carbons (Fsp3) is 0.0833. The average molecular weight is 480 g/mol. The monoisotopic (exact) mass is 479 g/mol. The van der Waals surface area contributed by atoms with Crippen LogP contribution in [0.15, 0.2) is 77.8 Å². The van der Waals surface area contributed by atoms with E-state index in [1.807, 2.05) is 66.2 Å². The van der Waals surface area contributed by atoms with E-state index in [0.717, 1.165) is 33.5 Å². The van der Waals surface area contributed by atoms with Crippen LogP contribution in [0.3, 0.4) is 0 Å². The smallest absolute Gasteiger partial charge is 0.281 e. The Balaban J connectivity index is 1.85. The maximum atomic E-state index is 12.9. The molecule has 4 aromatic rings. The van der Waals surface area contributed by atoms with Gasteiger partial charge in [-0.3, -0.25) is 14.9 Å². The Bertz CT molecular complexity index is 1410. The number of methoxy groups -OCH3 is 1. The summed E-state index contributed by atoms with van der Waals surface area (Å²) in [5.41, 5.74) is 2.74. The summed E-state index contributed by atoms with van der Waals surface area (Å²) in [6, 6.07) is 21.2. The van der Waals surface area contributed by atoms with Crippen LogP contribution in [0.4, 0.5) is 5.69 Å². The molecule has 0 aliphatic heterocycles. The largest absolute Gasteiger partial charge is 0.497 e. The SMILES string of the molecule is COc1ccc(-c2c(-c3ccccc3)sc(=NC(=O)c3ccc([N+](=O)[O-])cc3Cl)n2C)cc1. The fourth-order valence-corrected chi connectivity index (χ4v) is 4.75. The van der Waals surface area contributed by atoms with Crippen molar-refractivity contribution in [3.8, 4) is 27.4 Å². The van der Waals surface area contributed by atoms with Crippen molar-refractivity contribution in [2.24, 2.45) is 12.0 Å². The first-order valence-corrected chi connectivity index (χ1v) is 11.0. The summed E-state index contributed by atoms with van der Waals surface area (Å²) in [6.07, 6.45) is 0. The Morgan fingerprint density at radius 3 is 2.36 bits per heavy atom. The molecule has 0 unspecified atom stereocenters. The molecule has 3 aromatic carbocycles. The standard InChI is InChI=1S/C24H18ClN3O4S/c1-27-21(15-8-11-18(32-2)12-9-15)22(16-6-4-3-5-7-16)33-24(27)26-23(29)19-13-10-17(28(30)31)14-20(19)25/h3-14H,1-2H3. The zero-order valence-corrected chi connectivity index (χ0v) is 19.3. The van der Waals surface area contributed by atoms with E-state index in [4.69, 9.17) is 16.3 Å². The molecule has 0 saturated carbocycles. The highest BCUT2D eigenvalue weighted by molar-refractivity contribution is 7.13. The van der Waals surface area contributed by atoms with Gasteiger partial charge in [0.1, 0.15) is 5.75 Å². The molecule has 1 aromatic heterocycles. The predicted molar refractivity (Wildman–Crippen MR) is 129 cm³/mol. The molecule has 0 fully saturated rings. The molecule has 7 nitrogen and oxygen atoms in total. The minimum atomic E-state index is -0.576. The van der Waals surface area contributed by atoms with E-state index >= 15 is 0 Å². The average Bonchev–Trinajstić information content (AvgIpc) is 3.15. The summed E-state index contributed by atoms with van der Waals surface area (Å²) in [5.74, 6) is 0.165. The molecule has 0 saturated heterocycles. The Morgan fingerprint density at radius 1 is 1.06 bits per heavy atom. The summed E-state index contributed by atoms with van der Waals surface area (Å²) in [7, 11) is 3.45. The molecular weight excluding hydrogens is 462 g/mol. The topological polar surface area (TPSA) is 86.7 Å². The number of carbonyl (C=O) groups is 1. The highest BCUT2D eigenvalue weighted by Crippen LogP contribution is 2.35. The molecule has 0 aliphatic carbocycles. The fourth-order valence-electron chi connectivity index (χ4n) is 3.35. The highest BCUT2D eigenvalue weighted by Gasteiger charge is 2.18. The van der Waals surface area contributed by atoms with Crippen molar-refractivity contribution in [3.63, 3.8) is 0 Å². The lowest BCUT2D eigenvalue weighted by atomic mass is 10.1. The number of nitro groups is 1. The maximum Gasteiger partial charge on any atom is 0.281 e. The van der Waals surface area contributed by atoms with Crippen LogP contribution in [0.25, 0.3) is 21.7 Å². The molecule has 4 rings (SSSR count). The van der Waals surface area contributed by atoms with Gasteiger partial charge in [-0.1, -0.05) is 53.3 Å². The van der Waals surface area contributed by atoms with Crippen LogP contribution in [0, 0.1) is 10.1 Å². The maximum absolute atomic E-state index is 12.9. The van der Waals surface area contributed by atoms with E-state index in [1.165, 1.54) is 23.5 Å². The Morgan fingerprint density at radius 2 is 1.76 bits per heavy atom. The van der Waals surface area contributed by atoms with E-state index < -0.39 is 10.8 Å². The minimum absolute atomic E-state index is 0.0178. The Kier molecular flexibility index (Phi) is 6.39. The summed E-state index contributed by atoms with van der Waals surface area (Å²) < 4.78 is 7.12. The van der Waals surface area contributed by atoms with Gasteiger partial charge in [-0.25, -0.2) is 0 Å².